The molecule has 0 bridgehead atoms. The van der Waals surface area contributed by atoms with Gasteiger partial charge >= 0.3 is 12.1 Å². The van der Waals surface area contributed by atoms with Crippen molar-refractivity contribution in [3.63, 3.8) is 0 Å². The van der Waals surface area contributed by atoms with Crippen molar-refractivity contribution >= 4 is 18.0 Å². The van der Waals surface area contributed by atoms with E-state index in [0.29, 0.717) is 38.8 Å². The Morgan fingerprint density at radius 3 is 2.44 bits per heavy atom. The lowest BCUT2D eigenvalue weighted by atomic mass is 10.1. The molecule has 0 aliphatic heterocycles. The van der Waals surface area contributed by atoms with E-state index in [-0.39, 0.29) is 18.7 Å². The molecular weight excluding hydrogens is 354 g/mol. The van der Waals surface area contributed by atoms with Crippen molar-refractivity contribution in [2.24, 2.45) is 5.11 Å². The number of rotatable bonds is 13. The number of alkyl carbamates (subject to hydrolysis) is 1. The molecule has 0 rings (SSSR count). The average Bonchev–Trinajstić information content (AvgIpc) is 2.54. The van der Waals surface area contributed by atoms with Gasteiger partial charge in [-0.2, -0.15) is 0 Å². The van der Waals surface area contributed by atoms with Crippen molar-refractivity contribution < 1.29 is 24.2 Å². The number of nitrogens with one attached hydrogen (secondary N) is 2. The zero-order chi connectivity index (χ0) is 20.7. The quantitative estimate of drug-likeness (QED) is 0.192. The molecule has 0 aromatic rings. The molecule has 154 valence electrons. The number of hydrogen-bond acceptors (Lipinski definition) is 5. The summed E-state index contributed by atoms with van der Waals surface area (Å²) in [4.78, 5) is 37.2. The second kappa shape index (κ2) is 13.7. The zero-order valence-corrected chi connectivity index (χ0v) is 16.4. The fourth-order valence-electron chi connectivity index (χ4n) is 2.19. The Labute approximate surface area is 159 Å². The van der Waals surface area contributed by atoms with E-state index < -0.39 is 23.7 Å². The lowest BCUT2D eigenvalue weighted by molar-refractivity contribution is -0.142. The van der Waals surface area contributed by atoms with Crippen LogP contribution in [0.3, 0.4) is 0 Å². The first-order valence-corrected chi connectivity index (χ1v) is 9.15. The number of carbonyl (C=O) groups is 3. The van der Waals surface area contributed by atoms with Crippen LogP contribution in [-0.2, 0) is 14.3 Å². The van der Waals surface area contributed by atoms with E-state index in [0.717, 1.165) is 6.42 Å². The summed E-state index contributed by atoms with van der Waals surface area (Å²) in [6, 6.07) is -0.942. The molecule has 2 amide bonds. The Balaban J connectivity index is 3.96. The van der Waals surface area contributed by atoms with Crippen LogP contribution in [0.25, 0.3) is 10.4 Å². The van der Waals surface area contributed by atoms with Gasteiger partial charge in [-0.15, -0.1) is 0 Å². The fourth-order valence-corrected chi connectivity index (χ4v) is 2.19. The number of azide groups is 1. The van der Waals surface area contributed by atoms with Gasteiger partial charge in [0.05, 0.1) is 0 Å². The standard InChI is InChI=1S/C17H31N5O5/c1-17(2,3)27-16(26)19-11-8-6-9-13(15(24)25)21-14(23)10-5-4-7-12-20-22-18/h13H,4-12H2,1-3H3,(H,19,26)(H,21,23)(H,24,25)/t13-/m0/s1. The Morgan fingerprint density at radius 2 is 1.85 bits per heavy atom. The predicted molar refractivity (Wildman–Crippen MR) is 100 cm³/mol. The number of carboxylic acid groups (broad SMARTS) is 1. The van der Waals surface area contributed by atoms with Crippen molar-refractivity contribution in [3.05, 3.63) is 10.4 Å². The van der Waals surface area contributed by atoms with Gasteiger partial charge < -0.3 is 20.5 Å². The number of ether oxygens (including phenoxy) is 1. The highest BCUT2D eigenvalue weighted by atomic mass is 16.6. The smallest absolute Gasteiger partial charge is 0.407 e. The van der Waals surface area contributed by atoms with E-state index in [1.54, 1.807) is 20.8 Å². The maximum absolute atomic E-state index is 11.8. The maximum atomic E-state index is 11.8. The number of carboxylic acids is 1. The highest BCUT2D eigenvalue weighted by Gasteiger charge is 2.19. The van der Waals surface area contributed by atoms with Crippen LogP contribution in [0.5, 0.6) is 0 Å². The summed E-state index contributed by atoms with van der Waals surface area (Å²) in [5.41, 5.74) is 7.59. The molecule has 0 saturated carbocycles. The van der Waals surface area contributed by atoms with E-state index in [2.05, 4.69) is 20.7 Å². The number of unbranched alkanes of at least 4 members (excludes halogenated alkanes) is 3. The molecule has 0 unspecified atom stereocenters. The second-order valence-electron chi connectivity index (χ2n) is 7.15. The van der Waals surface area contributed by atoms with Crippen LogP contribution in [0.15, 0.2) is 5.11 Å². The monoisotopic (exact) mass is 385 g/mol. The van der Waals surface area contributed by atoms with Gasteiger partial charge in [-0.25, -0.2) is 9.59 Å². The summed E-state index contributed by atoms with van der Waals surface area (Å²) < 4.78 is 5.10. The van der Waals surface area contributed by atoms with Gasteiger partial charge in [0, 0.05) is 24.4 Å². The van der Waals surface area contributed by atoms with E-state index in [1.807, 2.05) is 0 Å². The van der Waals surface area contributed by atoms with E-state index in [9.17, 15) is 19.5 Å². The van der Waals surface area contributed by atoms with Crippen molar-refractivity contribution in [2.45, 2.75) is 77.4 Å². The third-order valence-electron chi connectivity index (χ3n) is 3.45. The normalized spacial score (nSPS) is 11.8. The molecule has 0 spiro atoms. The lowest BCUT2D eigenvalue weighted by Crippen LogP contribution is -2.40. The number of carbonyl (C=O) groups excluding carboxylic acids is 2. The molecule has 3 N–H and O–H groups in total. The molecule has 0 radical (unpaired) electrons. The highest BCUT2D eigenvalue weighted by Crippen LogP contribution is 2.07. The van der Waals surface area contributed by atoms with Gasteiger partial charge in [-0.05, 0) is 58.4 Å². The van der Waals surface area contributed by atoms with Gasteiger partial charge in [0.15, 0.2) is 0 Å². The molecule has 27 heavy (non-hydrogen) atoms. The molecule has 0 aliphatic carbocycles. The van der Waals surface area contributed by atoms with Crippen molar-refractivity contribution in [3.8, 4) is 0 Å². The first-order valence-electron chi connectivity index (χ1n) is 9.15. The van der Waals surface area contributed by atoms with E-state index in [4.69, 9.17) is 10.3 Å². The largest absolute Gasteiger partial charge is 0.480 e. The van der Waals surface area contributed by atoms with Crippen LogP contribution in [0, 0.1) is 0 Å². The van der Waals surface area contributed by atoms with E-state index in [1.165, 1.54) is 0 Å². The lowest BCUT2D eigenvalue weighted by Gasteiger charge is -2.19. The van der Waals surface area contributed by atoms with Crippen molar-refractivity contribution in [2.75, 3.05) is 13.1 Å². The molecule has 0 aromatic carbocycles. The van der Waals surface area contributed by atoms with Crippen LogP contribution in [-0.4, -0.2) is 47.8 Å². The number of hydrogen-bond donors (Lipinski definition) is 3. The first-order chi connectivity index (χ1) is 12.7. The zero-order valence-electron chi connectivity index (χ0n) is 16.4. The predicted octanol–water partition coefficient (Wildman–Crippen LogP) is 3.12. The summed E-state index contributed by atoms with van der Waals surface area (Å²) in [6.07, 6.45) is 3.18. The van der Waals surface area contributed by atoms with Crippen LogP contribution in [0.4, 0.5) is 4.79 Å². The minimum atomic E-state index is -1.08. The Morgan fingerprint density at radius 1 is 1.15 bits per heavy atom. The fraction of sp³-hybridized carbons (Fsp3) is 0.824. The third-order valence-corrected chi connectivity index (χ3v) is 3.45. The Bertz CT molecular complexity index is 526. The van der Waals surface area contributed by atoms with Crippen LogP contribution < -0.4 is 10.6 Å². The third kappa shape index (κ3) is 15.5. The second-order valence-corrected chi connectivity index (χ2v) is 7.15. The first kappa shape index (κ1) is 24.5. The molecule has 10 heteroatoms. The van der Waals surface area contributed by atoms with Gasteiger partial charge in [-0.3, -0.25) is 4.79 Å². The summed E-state index contributed by atoms with van der Waals surface area (Å²) in [7, 11) is 0. The summed E-state index contributed by atoms with van der Waals surface area (Å²) in [6.45, 7) is 6.08. The van der Waals surface area contributed by atoms with Gasteiger partial charge in [-0.1, -0.05) is 11.5 Å². The van der Waals surface area contributed by atoms with Crippen LogP contribution in [0.2, 0.25) is 0 Å². The molecule has 0 fully saturated rings. The minimum absolute atomic E-state index is 0.236. The van der Waals surface area contributed by atoms with E-state index >= 15 is 0 Å². The Hall–Kier alpha value is -2.48. The molecule has 0 saturated heterocycles. The molecule has 0 heterocycles. The topological polar surface area (TPSA) is 153 Å². The molecule has 1 atom stereocenters. The number of amides is 2. The van der Waals surface area contributed by atoms with Gasteiger partial charge in [0.1, 0.15) is 11.6 Å². The van der Waals surface area contributed by atoms with Crippen LogP contribution in [0.1, 0.15) is 65.7 Å². The summed E-state index contributed by atoms with van der Waals surface area (Å²) in [5.74, 6) is -1.38. The van der Waals surface area contributed by atoms with Crippen molar-refractivity contribution in [1.29, 1.82) is 0 Å². The number of nitrogens with zero attached hydrogens (tertiary/aromatic N) is 3. The minimum Gasteiger partial charge on any atom is -0.480 e. The van der Waals surface area contributed by atoms with Crippen molar-refractivity contribution in [1.82, 2.24) is 10.6 Å². The van der Waals surface area contributed by atoms with Gasteiger partial charge in [0.2, 0.25) is 5.91 Å². The molecule has 0 aliphatic rings. The molecule has 0 aromatic heterocycles. The SMILES string of the molecule is CC(C)(C)OC(=O)NCCCC[C@H](NC(=O)CCCCCN=[N+]=[N-])C(=O)O. The number of aliphatic carboxylic acids is 1. The molecule has 10 nitrogen and oxygen atoms in total. The van der Waals surface area contributed by atoms with Crippen LogP contribution >= 0.6 is 0 Å². The maximum Gasteiger partial charge on any atom is 0.407 e. The highest BCUT2D eigenvalue weighted by molar-refractivity contribution is 5.83. The average molecular weight is 385 g/mol. The van der Waals surface area contributed by atoms with Gasteiger partial charge in [0.25, 0.3) is 0 Å². The molecular formula is C17H31N5O5. The Kier molecular flexibility index (Phi) is 12.4. The summed E-state index contributed by atoms with van der Waals surface area (Å²) in [5, 5.41) is 17.7. The summed E-state index contributed by atoms with van der Waals surface area (Å²) >= 11 is 0.